The summed E-state index contributed by atoms with van der Waals surface area (Å²) in [6.45, 7) is 2.37. The van der Waals surface area contributed by atoms with E-state index < -0.39 is 0 Å². The lowest BCUT2D eigenvalue weighted by molar-refractivity contribution is -0.139. The van der Waals surface area contributed by atoms with Gasteiger partial charge >= 0.3 is 0 Å². The fraction of sp³-hybridized carbons (Fsp3) is 0.875. The summed E-state index contributed by atoms with van der Waals surface area (Å²) in [4.78, 5) is 28.7. The predicted octanol–water partition coefficient (Wildman–Crippen LogP) is 1.65. The van der Waals surface area contributed by atoms with Crippen LogP contribution < -0.4 is 0 Å². The molecule has 0 aromatic rings. The Bertz CT molecular complexity index is 416. The topological polar surface area (TPSA) is 40.6 Å². The first-order valence-electron chi connectivity index (χ1n) is 8.32. The molecule has 0 radical (unpaired) electrons. The number of amides is 2. The Morgan fingerprint density at radius 1 is 1.00 bits per heavy atom. The van der Waals surface area contributed by atoms with Gasteiger partial charge in [0.1, 0.15) is 6.04 Å². The van der Waals surface area contributed by atoms with Gasteiger partial charge in [0, 0.05) is 26.1 Å². The van der Waals surface area contributed by atoms with Crippen molar-refractivity contribution in [2.24, 2.45) is 17.8 Å². The maximum absolute atomic E-state index is 12.7. The van der Waals surface area contributed by atoms with Gasteiger partial charge in [-0.15, -0.1) is 0 Å². The number of nitrogens with zero attached hydrogens (tertiary/aromatic N) is 2. The molecule has 2 heterocycles. The molecule has 0 aromatic carbocycles. The summed E-state index contributed by atoms with van der Waals surface area (Å²) in [5, 5.41) is 0. The van der Waals surface area contributed by atoms with Crippen LogP contribution in [0.1, 0.15) is 44.9 Å². The van der Waals surface area contributed by atoms with Crippen LogP contribution in [0.5, 0.6) is 0 Å². The lowest BCUT2D eigenvalue weighted by Crippen LogP contribution is -2.45. The second-order valence-electron chi connectivity index (χ2n) is 7.12. The van der Waals surface area contributed by atoms with Crippen LogP contribution in [0.3, 0.4) is 0 Å². The van der Waals surface area contributed by atoms with E-state index >= 15 is 0 Å². The van der Waals surface area contributed by atoms with Crippen molar-refractivity contribution in [1.82, 2.24) is 9.80 Å². The smallest absolute Gasteiger partial charge is 0.245 e. The molecule has 0 aromatic heterocycles. The summed E-state index contributed by atoms with van der Waals surface area (Å²) >= 11 is 0. The average Bonchev–Trinajstić information content (AvgIpc) is 3.36. The van der Waals surface area contributed by atoms with Crippen molar-refractivity contribution in [3.8, 4) is 0 Å². The minimum Gasteiger partial charge on any atom is -0.340 e. The van der Waals surface area contributed by atoms with E-state index in [0.29, 0.717) is 13.0 Å². The Hall–Kier alpha value is -1.06. The van der Waals surface area contributed by atoms with E-state index in [0.717, 1.165) is 43.7 Å². The Labute approximate surface area is 120 Å². The van der Waals surface area contributed by atoms with Crippen molar-refractivity contribution < 1.29 is 9.59 Å². The third-order valence-electron chi connectivity index (χ3n) is 5.65. The molecular weight excluding hydrogens is 252 g/mol. The van der Waals surface area contributed by atoms with Gasteiger partial charge in [-0.2, -0.15) is 0 Å². The molecule has 2 saturated carbocycles. The molecule has 1 unspecified atom stereocenters. The number of hydrogen-bond donors (Lipinski definition) is 0. The third-order valence-corrected chi connectivity index (χ3v) is 5.65. The average molecular weight is 276 g/mol. The molecule has 110 valence electrons. The zero-order valence-electron chi connectivity index (χ0n) is 12.1. The molecule has 2 amide bonds. The van der Waals surface area contributed by atoms with E-state index in [2.05, 4.69) is 0 Å². The van der Waals surface area contributed by atoms with E-state index in [1.165, 1.54) is 25.7 Å². The largest absolute Gasteiger partial charge is 0.340 e. The monoisotopic (exact) mass is 276 g/mol. The highest BCUT2D eigenvalue weighted by Gasteiger charge is 2.45. The minimum atomic E-state index is -0.135. The lowest BCUT2D eigenvalue weighted by atomic mass is 9.97. The highest BCUT2D eigenvalue weighted by Crippen LogP contribution is 2.49. The highest BCUT2D eigenvalue weighted by atomic mass is 16.2. The van der Waals surface area contributed by atoms with Gasteiger partial charge in [0.05, 0.1) is 0 Å². The first-order valence-corrected chi connectivity index (χ1v) is 8.32. The van der Waals surface area contributed by atoms with Crippen LogP contribution >= 0.6 is 0 Å². The maximum atomic E-state index is 12.7. The first kappa shape index (κ1) is 12.7. The van der Waals surface area contributed by atoms with E-state index in [-0.39, 0.29) is 17.9 Å². The van der Waals surface area contributed by atoms with Crippen LogP contribution in [0, 0.1) is 17.8 Å². The van der Waals surface area contributed by atoms with Crippen LogP contribution in [0.15, 0.2) is 0 Å². The van der Waals surface area contributed by atoms with Gasteiger partial charge in [-0.25, -0.2) is 0 Å². The summed E-state index contributed by atoms with van der Waals surface area (Å²) in [6.07, 6.45) is 7.83. The fourth-order valence-corrected chi connectivity index (χ4v) is 4.18. The van der Waals surface area contributed by atoms with Gasteiger partial charge in [-0.3, -0.25) is 9.59 Å². The van der Waals surface area contributed by atoms with Crippen molar-refractivity contribution in [3.63, 3.8) is 0 Å². The Kier molecular flexibility index (Phi) is 3.00. The molecule has 0 bridgehead atoms. The molecule has 20 heavy (non-hydrogen) atoms. The van der Waals surface area contributed by atoms with Crippen molar-refractivity contribution in [2.45, 2.75) is 51.0 Å². The van der Waals surface area contributed by atoms with Gasteiger partial charge < -0.3 is 9.80 Å². The number of fused-ring (bicyclic) bond motifs is 1. The molecule has 4 rings (SSSR count). The first-order chi connectivity index (χ1) is 9.74. The lowest BCUT2D eigenvalue weighted by Gasteiger charge is -2.29. The van der Waals surface area contributed by atoms with Crippen LogP contribution in [-0.2, 0) is 9.59 Å². The van der Waals surface area contributed by atoms with Crippen molar-refractivity contribution >= 4 is 11.8 Å². The number of rotatable bonds is 4. The number of hydrogen-bond acceptors (Lipinski definition) is 2. The van der Waals surface area contributed by atoms with E-state index in [1.54, 1.807) is 0 Å². The summed E-state index contributed by atoms with van der Waals surface area (Å²) in [6, 6.07) is -0.135. The Morgan fingerprint density at radius 3 is 2.35 bits per heavy atom. The standard InChI is InChI=1S/C16H24N2O2/c19-15-7-9-17(16(20)14-2-1-8-18(14)15)10-13(11-3-4-11)12-5-6-12/h11-14H,1-10H2. The summed E-state index contributed by atoms with van der Waals surface area (Å²) in [7, 11) is 0. The second-order valence-corrected chi connectivity index (χ2v) is 7.12. The van der Waals surface area contributed by atoms with E-state index in [1.807, 2.05) is 9.80 Å². The highest BCUT2D eigenvalue weighted by molar-refractivity contribution is 5.90. The van der Waals surface area contributed by atoms with Crippen LogP contribution in [-0.4, -0.2) is 47.3 Å². The molecule has 2 saturated heterocycles. The Morgan fingerprint density at radius 2 is 1.70 bits per heavy atom. The zero-order chi connectivity index (χ0) is 13.7. The molecule has 4 aliphatic rings. The van der Waals surface area contributed by atoms with Crippen LogP contribution in [0.25, 0.3) is 0 Å². The predicted molar refractivity (Wildman–Crippen MR) is 74.9 cm³/mol. The molecular formula is C16H24N2O2. The molecule has 4 heteroatoms. The SMILES string of the molecule is O=C1C2CCCN2C(=O)CCN1CC(C1CC1)C1CC1. The van der Waals surface area contributed by atoms with Crippen molar-refractivity contribution in [1.29, 1.82) is 0 Å². The van der Waals surface area contributed by atoms with Gasteiger partial charge in [0.25, 0.3) is 0 Å². The molecule has 2 aliphatic heterocycles. The maximum Gasteiger partial charge on any atom is 0.245 e. The number of carbonyl (C=O) groups is 2. The number of carbonyl (C=O) groups excluding carboxylic acids is 2. The molecule has 1 atom stereocenters. The minimum absolute atomic E-state index is 0.135. The third kappa shape index (κ3) is 2.23. The van der Waals surface area contributed by atoms with Crippen LogP contribution in [0.2, 0.25) is 0 Å². The molecule has 2 aliphatic carbocycles. The summed E-state index contributed by atoms with van der Waals surface area (Å²) < 4.78 is 0. The molecule has 4 fully saturated rings. The van der Waals surface area contributed by atoms with E-state index in [9.17, 15) is 9.59 Å². The summed E-state index contributed by atoms with van der Waals surface area (Å²) in [5.41, 5.74) is 0. The summed E-state index contributed by atoms with van der Waals surface area (Å²) in [5.74, 6) is 2.89. The zero-order valence-corrected chi connectivity index (χ0v) is 12.1. The van der Waals surface area contributed by atoms with Crippen molar-refractivity contribution in [3.05, 3.63) is 0 Å². The molecule has 0 N–H and O–H groups in total. The van der Waals surface area contributed by atoms with Gasteiger partial charge in [-0.1, -0.05) is 0 Å². The fourth-order valence-electron chi connectivity index (χ4n) is 4.18. The molecule has 0 spiro atoms. The van der Waals surface area contributed by atoms with Crippen LogP contribution in [0.4, 0.5) is 0 Å². The van der Waals surface area contributed by atoms with Crippen molar-refractivity contribution in [2.75, 3.05) is 19.6 Å². The molecule has 4 nitrogen and oxygen atoms in total. The normalized spacial score (nSPS) is 30.9. The second kappa shape index (κ2) is 4.74. The Balaban J connectivity index is 1.49. The van der Waals surface area contributed by atoms with E-state index in [4.69, 9.17) is 0 Å². The van der Waals surface area contributed by atoms with Gasteiger partial charge in [-0.05, 0) is 56.3 Å². The van der Waals surface area contributed by atoms with Gasteiger partial charge in [0.15, 0.2) is 0 Å². The quantitative estimate of drug-likeness (QED) is 0.783. The van der Waals surface area contributed by atoms with Gasteiger partial charge in [0.2, 0.25) is 11.8 Å².